The normalized spacial score (nSPS) is 22.2. The highest BCUT2D eigenvalue weighted by Gasteiger charge is 2.22. The maximum absolute atomic E-state index is 9.11. The zero-order chi connectivity index (χ0) is 14.4. The molecule has 1 saturated carbocycles. The molecule has 1 nitrogen and oxygen atoms in total. The Labute approximate surface area is 123 Å². The molecule has 0 N–H and O–H groups in total. The second kappa shape index (κ2) is 7.29. The molecule has 0 bridgehead atoms. The van der Waals surface area contributed by atoms with E-state index in [-0.39, 0.29) is 0 Å². The predicted octanol–water partition coefficient (Wildman–Crippen LogP) is 5.36. The summed E-state index contributed by atoms with van der Waals surface area (Å²) in [6.45, 7) is 5.95. The minimum atomic E-state index is 0.702. The quantitative estimate of drug-likeness (QED) is 0.659. The molecule has 0 aliphatic heterocycles. The third-order valence-corrected chi connectivity index (χ3v) is 4.73. The van der Waals surface area contributed by atoms with Gasteiger partial charge in [-0.05, 0) is 74.0 Å². The Bertz CT molecular complexity index is 487. The maximum Gasteiger partial charge on any atom is 0.0994 e. The molecular formula is C19H25N. The van der Waals surface area contributed by atoms with Crippen molar-refractivity contribution in [2.75, 3.05) is 0 Å². The van der Waals surface area contributed by atoms with E-state index in [1.54, 1.807) is 0 Å². The molecule has 0 unspecified atom stereocenters. The van der Waals surface area contributed by atoms with E-state index >= 15 is 0 Å². The Morgan fingerprint density at radius 2 is 2.05 bits per heavy atom. The molecule has 0 atom stereocenters. The van der Waals surface area contributed by atoms with E-state index < -0.39 is 0 Å². The lowest BCUT2D eigenvalue weighted by atomic mass is 9.76. The topological polar surface area (TPSA) is 23.8 Å². The first-order valence-corrected chi connectivity index (χ1v) is 7.92. The second-order valence-corrected chi connectivity index (χ2v) is 5.97. The van der Waals surface area contributed by atoms with Crippen LogP contribution < -0.4 is 0 Å². The van der Waals surface area contributed by atoms with Crippen LogP contribution in [-0.4, -0.2) is 0 Å². The van der Waals surface area contributed by atoms with Crippen molar-refractivity contribution in [3.8, 4) is 6.07 Å². The minimum absolute atomic E-state index is 0.702. The number of hydrogen-bond acceptors (Lipinski definition) is 1. The molecule has 1 aliphatic carbocycles. The first kappa shape index (κ1) is 14.9. The van der Waals surface area contributed by atoms with Crippen molar-refractivity contribution >= 4 is 0 Å². The summed E-state index contributed by atoms with van der Waals surface area (Å²) in [5, 5.41) is 9.11. The van der Waals surface area contributed by atoms with Crippen molar-refractivity contribution in [2.24, 2.45) is 5.92 Å². The highest BCUT2D eigenvalue weighted by atomic mass is 14.3. The number of hydrogen-bond donors (Lipinski definition) is 0. The lowest BCUT2D eigenvalue weighted by molar-refractivity contribution is 0.312. The first-order valence-electron chi connectivity index (χ1n) is 7.92. The van der Waals surface area contributed by atoms with Crippen LogP contribution in [0.1, 0.15) is 68.1 Å². The lowest BCUT2D eigenvalue weighted by Gasteiger charge is -2.29. The van der Waals surface area contributed by atoms with Gasteiger partial charge in [0, 0.05) is 0 Å². The average molecular weight is 267 g/mol. The van der Waals surface area contributed by atoms with E-state index in [1.807, 2.05) is 12.1 Å². The van der Waals surface area contributed by atoms with Crippen LogP contribution in [0.5, 0.6) is 0 Å². The van der Waals surface area contributed by atoms with Gasteiger partial charge in [-0.1, -0.05) is 25.1 Å². The maximum atomic E-state index is 9.11. The number of nitrogens with zero attached hydrogens (tertiary/aromatic N) is 1. The largest absolute Gasteiger partial charge is 0.192 e. The van der Waals surface area contributed by atoms with Crippen LogP contribution in [0, 0.1) is 17.2 Å². The second-order valence-electron chi connectivity index (χ2n) is 5.97. The van der Waals surface area contributed by atoms with Gasteiger partial charge >= 0.3 is 0 Å². The molecule has 0 saturated heterocycles. The zero-order valence-electron chi connectivity index (χ0n) is 12.6. The van der Waals surface area contributed by atoms with E-state index in [1.165, 1.54) is 43.2 Å². The summed E-state index contributed by atoms with van der Waals surface area (Å²) in [7, 11) is 0. The van der Waals surface area contributed by atoms with Gasteiger partial charge in [0.1, 0.15) is 0 Å². The number of rotatable bonds is 5. The number of benzene rings is 1. The lowest BCUT2D eigenvalue weighted by Crippen LogP contribution is -2.13. The first-order chi connectivity index (χ1) is 9.78. The summed E-state index contributed by atoms with van der Waals surface area (Å²) in [5.41, 5.74) is 3.50. The Morgan fingerprint density at radius 3 is 2.65 bits per heavy atom. The van der Waals surface area contributed by atoms with Crippen LogP contribution in [0.3, 0.4) is 0 Å². The summed E-state index contributed by atoms with van der Waals surface area (Å²) in [6, 6.07) is 8.75. The summed E-state index contributed by atoms with van der Waals surface area (Å²) >= 11 is 0. The number of aryl methyl sites for hydroxylation is 1. The number of allylic oxidation sites excluding steroid dienone is 1. The van der Waals surface area contributed by atoms with Crippen LogP contribution >= 0.6 is 0 Å². The minimum Gasteiger partial charge on any atom is -0.192 e. The number of nitriles is 1. The molecule has 106 valence electrons. The van der Waals surface area contributed by atoms with Gasteiger partial charge in [-0.25, -0.2) is 0 Å². The molecule has 0 spiro atoms. The molecule has 2 rings (SSSR count). The van der Waals surface area contributed by atoms with Crippen molar-refractivity contribution in [2.45, 2.75) is 57.8 Å². The molecule has 0 aromatic heterocycles. The summed E-state index contributed by atoms with van der Waals surface area (Å²) in [4.78, 5) is 0. The monoisotopic (exact) mass is 267 g/mol. The molecule has 1 aromatic carbocycles. The van der Waals surface area contributed by atoms with Crippen molar-refractivity contribution < 1.29 is 0 Å². The van der Waals surface area contributed by atoms with Gasteiger partial charge in [0.2, 0.25) is 0 Å². The van der Waals surface area contributed by atoms with Crippen LogP contribution in [-0.2, 0) is 6.42 Å². The summed E-state index contributed by atoms with van der Waals surface area (Å²) < 4.78 is 0. The van der Waals surface area contributed by atoms with E-state index in [9.17, 15) is 0 Å². The van der Waals surface area contributed by atoms with Crippen LogP contribution in [0.2, 0.25) is 0 Å². The van der Waals surface area contributed by atoms with Crippen molar-refractivity contribution in [3.05, 3.63) is 47.5 Å². The van der Waals surface area contributed by atoms with E-state index in [0.29, 0.717) is 5.92 Å². The smallest absolute Gasteiger partial charge is 0.0994 e. The predicted molar refractivity (Wildman–Crippen MR) is 84.7 cm³/mol. The van der Waals surface area contributed by atoms with Crippen molar-refractivity contribution in [1.29, 1.82) is 5.26 Å². The molecule has 0 heterocycles. The van der Waals surface area contributed by atoms with Gasteiger partial charge in [0.25, 0.3) is 0 Å². The zero-order valence-corrected chi connectivity index (χ0v) is 12.6. The molecule has 1 aromatic rings. The molecule has 0 amide bonds. The summed E-state index contributed by atoms with van der Waals surface area (Å²) in [5.74, 6) is 1.60. The molecule has 20 heavy (non-hydrogen) atoms. The Hall–Kier alpha value is -1.55. The van der Waals surface area contributed by atoms with E-state index in [0.717, 1.165) is 24.3 Å². The van der Waals surface area contributed by atoms with Gasteiger partial charge in [-0.15, -0.1) is 6.58 Å². The molecule has 1 heteroatoms. The van der Waals surface area contributed by atoms with E-state index in [4.69, 9.17) is 5.26 Å². The highest BCUT2D eigenvalue weighted by Crippen LogP contribution is 2.38. The Kier molecular flexibility index (Phi) is 5.41. The van der Waals surface area contributed by atoms with Gasteiger partial charge in [0.15, 0.2) is 0 Å². The molecule has 0 radical (unpaired) electrons. The van der Waals surface area contributed by atoms with Crippen LogP contribution in [0.25, 0.3) is 0 Å². The van der Waals surface area contributed by atoms with E-state index in [2.05, 4.69) is 31.7 Å². The molecule has 1 fully saturated rings. The van der Waals surface area contributed by atoms with Crippen LogP contribution in [0.15, 0.2) is 30.9 Å². The molecule has 1 aliphatic rings. The highest BCUT2D eigenvalue weighted by molar-refractivity contribution is 5.41. The fourth-order valence-electron chi connectivity index (χ4n) is 3.41. The fraction of sp³-hybridized carbons (Fsp3) is 0.526. The van der Waals surface area contributed by atoms with Gasteiger partial charge in [-0.3, -0.25) is 0 Å². The van der Waals surface area contributed by atoms with Crippen molar-refractivity contribution in [1.82, 2.24) is 0 Å². The molecular weight excluding hydrogens is 242 g/mol. The third-order valence-electron chi connectivity index (χ3n) is 4.73. The Morgan fingerprint density at radius 1 is 1.30 bits per heavy atom. The standard InChI is InChI=1S/C19H25N/c1-3-5-6-15-7-9-17(10-8-15)18-11-12-19(14-20)16(4-2)13-18/h3,11-13,15,17H,1,4-10H2,2H3. The van der Waals surface area contributed by atoms with Gasteiger partial charge in [0.05, 0.1) is 11.6 Å². The average Bonchev–Trinajstić information content (AvgIpc) is 2.52. The van der Waals surface area contributed by atoms with Crippen molar-refractivity contribution in [3.63, 3.8) is 0 Å². The van der Waals surface area contributed by atoms with Crippen LogP contribution in [0.4, 0.5) is 0 Å². The Balaban J connectivity index is 2.00. The summed E-state index contributed by atoms with van der Waals surface area (Å²) in [6.07, 6.45) is 10.8. The van der Waals surface area contributed by atoms with Gasteiger partial charge < -0.3 is 0 Å². The SMILES string of the molecule is C=CCCC1CCC(c2ccc(C#N)c(CC)c2)CC1. The third kappa shape index (κ3) is 3.51. The fourth-order valence-corrected chi connectivity index (χ4v) is 3.41. The van der Waals surface area contributed by atoms with Gasteiger partial charge in [-0.2, -0.15) is 5.26 Å².